The second kappa shape index (κ2) is 8.28. The molecule has 0 N–H and O–H groups in total. The van der Waals surface area contributed by atoms with Gasteiger partial charge in [-0.05, 0) is 18.3 Å². The maximum absolute atomic E-state index is 5.01. The molecule has 0 aliphatic heterocycles. The molecule has 0 fully saturated rings. The van der Waals surface area contributed by atoms with Crippen molar-refractivity contribution in [3.05, 3.63) is 0 Å². The van der Waals surface area contributed by atoms with Gasteiger partial charge in [0.2, 0.25) is 0 Å². The van der Waals surface area contributed by atoms with Gasteiger partial charge in [0.15, 0.2) is 0 Å². The van der Waals surface area contributed by atoms with Crippen molar-refractivity contribution >= 4 is 0 Å². The van der Waals surface area contributed by atoms with Crippen LogP contribution in [0.1, 0.15) is 65.7 Å². The van der Waals surface area contributed by atoms with Gasteiger partial charge in [-0.15, -0.1) is 0 Å². The first kappa shape index (κ1) is 14.0. The number of methoxy groups -OCH3 is 1. The first-order valence-corrected chi connectivity index (χ1v) is 6.05. The van der Waals surface area contributed by atoms with Crippen molar-refractivity contribution in [1.29, 1.82) is 0 Å². The second-order valence-electron chi connectivity index (χ2n) is 5.42. The standard InChI is InChI=1S/C13H28O/c1-13(2,3)11-9-7-5-6-8-10-12-14-4/h5-12H2,1-4H3. The summed E-state index contributed by atoms with van der Waals surface area (Å²) in [4.78, 5) is 0. The molecule has 0 unspecified atom stereocenters. The van der Waals surface area contributed by atoms with Crippen LogP contribution in [0.4, 0.5) is 0 Å². The minimum atomic E-state index is 0.524. The number of hydrogen-bond donors (Lipinski definition) is 0. The Hall–Kier alpha value is -0.0400. The molecule has 86 valence electrons. The highest BCUT2D eigenvalue weighted by molar-refractivity contribution is 4.60. The first-order valence-electron chi connectivity index (χ1n) is 6.05. The lowest BCUT2D eigenvalue weighted by atomic mass is 9.89. The van der Waals surface area contributed by atoms with Gasteiger partial charge in [-0.25, -0.2) is 0 Å². The van der Waals surface area contributed by atoms with Crippen LogP contribution in [0.25, 0.3) is 0 Å². The predicted octanol–water partition coefficient (Wildman–Crippen LogP) is 4.41. The highest BCUT2D eigenvalue weighted by Gasteiger charge is 2.08. The lowest BCUT2D eigenvalue weighted by Crippen LogP contribution is -2.03. The molecule has 0 bridgehead atoms. The van der Waals surface area contributed by atoms with E-state index in [1.54, 1.807) is 7.11 Å². The van der Waals surface area contributed by atoms with Crippen molar-refractivity contribution in [2.45, 2.75) is 65.7 Å². The van der Waals surface area contributed by atoms with Gasteiger partial charge in [-0.1, -0.05) is 52.9 Å². The minimum absolute atomic E-state index is 0.524. The second-order valence-corrected chi connectivity index (χ2v) is 5.42. The van der Waals surface area contributed by atoms with Gasteiger partial charge in [0.05, 0.1) is 0 Å². The van der Waals surface area contributed by atoms with E-state index in [2.05, 4.69) is 20.8 Å². The quantitative estimate of drug-likeness (QED) is 0.527. The topological polar surface area (TPSA) is 9.23 Å². The summed E-state index contributed by atoms with van der Waals surface area (Å²) in [5.41, 5.74) is 0.524. The molecule has 0 atom stereocenters. The monoisotopic (exact) mass is 200 g/mol. The van der Waals surface area contributed by atoms with Crippen LogP contribution in [0, 0.1) is 5.41 Å². The summed E-state index contributed by atoms with van der Waals surface area (Å²) < 4.78 is 5.01. The Morgan fingerprint density at radius 1 is 0.786 bits per heavy atom. The van der Waals surface area contributed by atoms with Crippen molar-refractivity contribution in [3.63, 3.8) is 0 Å². The largest absolute Gasteiger partial charge is 0.385 e. The first-order chi connectivity index (χ1) is 6.56. The van der Waals surface area contributed by atoms with Crippen LogP contribution in [0.15, 0.2) is 0 Å². The van der Waals surface area contributed by atoms with Crippen LogP contribution in [0.2, 0.25) is 0 Å². The summed E-state index contributed by atoms with van der Waals surface area (Å²) in [6, 6.07) is 0. The summed E-state index contributed by atoms with van der Waals surface area (Å²) in [6.07, 6.45) is 9.52. The molecule has 0 amide bonds. The van der Waals surface area contributed by atoms with E-state index < -0.39 is 0 Å². The van der Waals surface area contributed by atoms with Crippen LogP contribution >= 0.6 is 0 Å². The van der Waals surface area contributed by atoms with Gasteiger partial charge in [0, 0.05) is 13.7 Å². The average molecular weight is 200 g/mol. The molecule has 0 aromatic rings. The fourth-order valence-electron chi connectivity index (χ4n) is 1.61. The molecule has 0 saturated heterocycles. The maximum Gasteiger partial charge on any atom is 0.0462 e. The molecule has 1 nitrogen and oxygen atoms in total. The summed E-state index contributed by atoms with van der Waals surface area (Å²) in [5, 5.41) is 0. The normalized spacial score (nSPS) is 12.0. The van der Waals surface area contributed by atoms with Gasteiger partial charge in [0.25, 0.3) is 0 Å². The van der Waals surface area contributed by atoms with Gasteiger partial charge in [0.1, 0.15) is 0 Å². The van der Waals surface area contributed by atoms with Crippen molar-refractivity contribution in [1.82, 2.24) is 0 Å². The van der Waals surface area contributed by atoms with Gasteiger partial charge in [-0.3, -0.25) is 0 Å². The van der Waals surface area contributed by atoms with Crippen molar-refractivity contribution in [2.75, 3.05) is 13.7 Å². The molecule has 1 heteroatoms. The molecule has 0 saturated carbocycles. The molecule has 0 aromatic heterocycles. The van der Waals surface area contributed by atoms with E-state index in [0.717, 1.165) is 6.61 Å². The Bertz CT molecular complexity index is 113. The average Bonchev–Trinajstić information content (AvgIpc) is 2.08. The van der Waals surface area contributed by atoms with Crippen LogP contribution in [-0.4, -0.2) is 13.7 Å². The van der Waals surface area contributed by atoms with Gasteiger partial charge >= 0.3 is 0 Å². The Morgan fingerprint density at radius 2 is 1.29 bits per heavy atom. The molecule has 0 aliphatic carbocycles. The van der Waals surface area contributed by atoms with E-state index in [9.17, 15) is 0 Å². The van der Waals surface area contributed by atoms with E-state index in [0.29, 0.717) is 5.41 Å². The van der Waals surface area contributed by atoms with E-state index in [1.807, 2.05) is 0 Å². The number of unbranched alkanes of at least 4 members (excludes halogenated alkanes) is 5. The van der Waals surface area contributed by atoms with Crippen LogP contribution in [0.5, 0.6) is 0 Å². The fourth-order valence-corrected chi connectivity index (χ4v) is 1.61. The Kier molecular flexibility index (Phi) is 8.26. The lowest BCUT2D eigenvalue weighted by molar-refractivity contribution is 0.192. The lowest BCUT2D eigenvalue weighted by Gasteiger charge is -2.17. The molecular formula is C13H28O. The Balaban J connectivity index is 2.99. The summed E-state index contributed by atoms with van der Waals surface area (Å²) in [6.45, 7) is 7.91. The van der Waals surface area contributed by atoms with E-state index in [-0.39, 0.29) is 0 Å². The summed E-state index contributed by atoms with van der Waals surface area (Å²) in [7, 11) is 1.78. The zero-order valence-corrected chi connectivity index (χ0v) is 10.6. The third kappa shape index (κ3) is 12.0. The third-order valence-corrected chi connectivity index (χ3v) is 2.53. The molecular weight excluding hydrogens is 172 g/mol. The predicted molar refractivity (Wildman–Crippen MR) is 63.7 cm³/mol. The zero-order valence-electron chi connectivity index (χ0n) is 10.6. The van der Waals surface area contributed by atoms with Crippen molar-refractivity contribution in [2.24, 2.45) is 5.41 Å². The minimum Gasteiger partial charge on any atom is -0.385 e. The maximum atomic E-state index is 5.01. The highest BCUT2D eigenvalue weighted by Crippen LogP contribution is 2.22. The van der Waals surface area contributed by atoms with E-state index in [1.165, 1.54) is 44.9 Å². The molecule has 0 heterocycles. The molecule has 0 aromatic carbocycles. The molecule has 14 heavy (non-hydrogen) atoms. The molecule has 0 aliphatic rings. The van der Waals surface area contributed by atoms with Gasteiger partial charge < -0.3 is 4.74 Å². The van der Waals surface area contributed by atoms with E-state index in [4.69, 9.17) is 4.74 Å². The van der Waals surface area contributed by atoms with Gasteiger partial charge in [-0.2, -0.15) is 0 Å². The Morgan fingerprint density at radius 3 is 1.79 bits per heavy atom. The highest BCUT2D eigenvalue weighted by atomic mass is 16.5. The smallest absolute Gasteiger partial charge is 0.0462 e. The van der Waals surface area contributed by atoms with Crippen LogP contribution in [-0.2, 0) is 4.74 Å². The molecule has 0 rings (SSSR count). The summed E-state index contributed by atoms with van der Waals surface area (Å²) in [5.74, 6) is 0. The van der Waals surface area contributed by atoms with Crippen molar-refractivity contribution < 1.29 is 4.74 Å². The molecule has 0 spiro atoms. The SMILES string of the molecule is COCCCCCCCCC(C)(C)C. The molecule has 0 radical (unpaired) electrons. The van der Waals surface area contributed by atoms with Crippen LogP contribution < -0.4 is 0 Å². The Labute approximate surface area is 90.2 Å². The zero-order chi connectivity index (χ0) is 10.9. The van der Waals surface area contributed by atoms with Crippen molar-refractivity contribution in [3.8, 4) is 0 Å². The fraction of sp³-hybridized carbons (Fsp3) is 1.00. The van der Waals surface area contributed by atoms with Crippen LogP contribution in [0.3, 0.4) is 0 Å². The number of hydrogen-bond acceptors (Lipinski definition) is 1. The van der Waals surface area contributed by atoms with E-state index >= 15 is 0 Å². The number of rotatable bonds is 8. The third-order valence-electron chi connectivity index (χ3n) is 2.53. The summed E-state index contributed by atoms with van der Waals surface area (Å²) >= 11 is 0. The number of ether oxygens (including phenoxy) is 1.